The maximum Gasteiger partial charge on any atom is 0.317 e. The van der Waals surface area contributed by atoms with Crippen LogP contribution < -0.4 is 29.2 Å². The van der Waals surface area contributed by atoms with E-state index in [1.807, 2.05) is 6.07 Å². The fourth-order valence-corrected chi connectivity index (χ4v) is 6.00. The summed E-state index contributed by atoms with van der Waals surface area (Å²) in [5.74, 6) is -0.616. The number of anilines is 1. The molecule has 15 nitrogen and oxygen atoms in total. The van der Waals surface area contributed by atoms with E-state index in [1.54, 1.807) is 42.5 Å². The molecular weight excluding hydrogens is 622 g/mol. The van der Waals surface area contributed by atoms with Crippen LogP contribution in [0.1, 0.15) is 29.6 Å². The lowest BCUT2D eigenvalue weighted by Gasteiger charge is -2.40. The number of hydrogen-bond donors (Lipinski definition) is 6. The summed E-state index contributed by atoms with van der Waals surface area (Å²) < 4.78 is 40.5. The number of carbonyl (C=O) groups is 2. The number of carbonyl (C=O) groups excluding carboxylic acids is 1. The molecule has 3 aliphatic heterocycles. The molecule has 6 rings (SSSR count). The number of fused-ring (bicyclic) bond motifs is 5. The third-order valence-electron chi connectivity index (χ3n) is 8.31. The van der Waals surface area contributed by atoms with Crippen LogP contribution in [-0.4, -0.2) is 95.7 Å². The first-order valence-electron chi connectivity index (χ1n) is 14.6. The Morgan fingerprint density at radius 1 is 0.979 bits per heavy atom. The lowest BCUT2D eigenvalue weighted by molar-refractivity contribution is -0.278. The van der Waals surface area contributed by atoms with Gasteiger partial charge in [-0.2, -0.15) is 0 Å². The third kappa shape index (κ3) is 6.06. The first-order chi connectivity index (χ1) is 22.6. The topological polar surface area (TPSA) is 212 Å². The van der Waals surface area contributed by atoms with Crippen molar-refractivity contribution in [3.63, 3.8) is 0 Å². The summed E-state index contributed by atoms with van der Waals surface area (Å²) in [6.45, 7) is -0.358. The van der Waals surface area contributed by atoms with E-state index in [0.717, 1.165) is 5.56 Å². The molecule has 15 heteroatoms. The molecule has 1 fully saturated rings. The van der Waals surface area contributed by atoms with Gasteiger partial charge in [-0.1, -0.05) is 18.2 Å². The van der Waals surface area contributed by atoms with E-state index < -0.39 is 61.8 Å². The molecular formula is C32H33NO14. The van der Waals surface area contributed by atoms with Crippen LogP contribution in [0.15, 0.2) is 48.5 Å². The monoisotopic (exact) mass is 655 g/mol. The molecule has 3 aromatic carbocycles. The van der Waals surface area contributed by atoms with Gasteiger partial charge < -0.3 is 53.6 Å². The third-order valence-corrected chi connectivity index (χ3v) is 8.31. The molecule has 0 aromatic heterocycles. The summed E-state index contributed by atoms with van der Waals surface area (Å²) in [5, 5.41) is 49.9. The Morgan fingerprint density at radius 2 is 1.74 bits per heavy atom. The van der Waals surface area contributed by atoms with Crippen molar-refractivity contribution in [2.75, 3.05) is 32.9 Å². The zero-order chi connectivity index (χ0) is 33.4. The normalized spacial score (nSPS) is 25.6. The first-order valence-corrected chi connectivity index (χ1v) is 14.6. The van der Waals surface area contributed by atoms with Crippen molar-refractivity contribution < 1.29 is 68.4 Å². The largest absolute Gasteiger partial charge is 0.493 e. The highest BCUT2D eigenvalue weighted by molar-refractivity contribution is 5.90. The first kappa shape index (κ1) is 32.2. The van der Waals surface area contributed by atoms with Gasteiger partial charge in [-0.15, -0.1) is 0 Å². The Hall–Kier alpha value is -4.80. The van der Waals surface area contributed by atoms with Crippen molar-refractivity contribution in [3.8, 4) is 39.9 Å². The molecule has 0 unspecified atom stereocenters. The molecule has 3 aliphatic rings. The Morgan fingerprint density at radius 3 is 2.43 bits per heavy atom. The summed E-state index contributed by atoms with van der Waals surface area (Å²) in [7, 11) is 3.07. The van der Waals surface area contributed by atoms with Crippen LogP contribution in [0.2, 0.25) is 0 Å². The molecule has 0 spiro atoms. The van der Waals surface area contributed by atoms with Crippen molar-refractivity contribution in [2.45, 2.75) is 49.1 Å². The molecule has 0 radical (unpaired) electrons. The minimum Gasteiger partial charge on any atom is -0.493 e. The highest BCUT2D eigenvalue weighted by atomic mass is 16.7. The lowest BCUT2D eigenvalue weighted by atomic mass is 9.85. The highest BCUT2D eigenvalue weighted by Crippen LogP contribution is 2.58. The summed E-state index contributed by atoms with van der Waals surface area (Å²) in [5.41, 5.74) is 5.45. The molecule has 0 amide bonds. The van der Waals surface area contributed by atoms with Crippen LogP contribution in [0.4, 0.5) is 5.69 Å². The Kier molecular flexibility index (Phi) is 8.98. The number of aliphatic hydroxyl groups excluding tert-OH is 3. The summed E-state index contributed by atoms with van der Waals surface area (Å²) in [6.07, 6.45) is -9.43. The number of carboxylic acid groups (broad SMARTS) is 1. The summed E-state index contributed by atoms with van der Waals surface area (Å²) >= 11 is 0. The van der Waals surface area contributed by atoms with Gasteiger partial charge in [-0.05, 0) is 35.4 Å². The van der Waals surface area contributed by atoms with Crippen molar-refractivity contribution in [1.29, 1.82) is 0 Å². The molecule has 1 saturated heterocycles. The second-order valence-corrected chi connectivity index (χ2v) is 11.1. The average Bonchev–Trinajstić information content (AvgIpc) is 3.45. The standard InChI is InChI=1S/C32H33NO14/c1-41-20-8-7-17-19-12-43-21-10-16(45-32-28(39)27(38)26(37)22(46-32)13-44-24(36)11-23(34)35)9-18(14-3-5-15(33-40)6-4-14)25(21)29(19)47-30(17)31(20)42-2/h3-10,19,22,26-29,32-33,37-40H,11-13H2,1-2H3,(H,34,35)/t19-,22+,26+,27-,28+,29+,32+/m0/s1. The van der Waals surface area contributed by atoms with Crippen LogP contribution in [0, 0.1) is 0 Å². The molecule has 3 aromatic rings. The van der Waals surface area contributed by atoms with E-state index in [2.05, 4.69) is 5.48 Å². The fourth-order valence-electron chi connectivity index (χ4n) is 6.00. The maximum atomic E-state index is 11.8. The van der Waals surface area contributed by atoms with Crippen LogP contribution in [0.5, 0.6) is 28.7 Å². The van der Waals surface area contributed by atoms with E-state index in [-0.39, 0.29) is 18.3 Å². The van der Waals surface area contributed by atoms with E-state index >= 15 is 0 Å². The summed E-state index contributed by atoms with van der Waals surface area (Å²) in [4.78, 5) is 22.5. The number of methoxy groups -OCH3 is 2. The second-order valence-electron chi connectivity index (χ2n) is 11.1. The number of benzene rings is 3. The van der Waals surface area contributed by atoms with Crippen molar-refractivity contribution in [1.82, 2.24) is 0 Å². The van der Waals surface area contributed by atoms with Gasteiger partial charge >= 0.3 is 11.9 Å². The summed E-state index contributed by atoms with van der Waals surface area (Å²) in [6, 6.07) is 13.8. The van der Waals surface area contributed by atoms with Crippen LogP contribution in [-0.2, 0) is 19.1 Å². The SMILES string of the molecule is COc1ccc2c(c1OC)O[C@H]1c3c(cc(O[C@@H]4O[C@H](COC(=O)CC(=O)O)[C@@H](O)[C@H](O)[C@H]4O)cc3-c3ccc(NO)cc3)OC[C@@H]21. The number of aliphatic hydroxyl groups is 3. The lowest BCUT2D eigenvalue weighted by Crippen LogP contribution is -2.60. The molecule has 6 N–H and O–H groups in total. The predicted octanol–water partition coefficient (Wildman–Crippen LogP) is 1.99. The zero-order valence-electron chi connectivity index (χ0n) is 25.2. The molecule has 47 heavy (non-hydrogen) atoms. The van der Waals surface area contributed by atoms with E-state index in [9.17, 15) is 30.1 Å². The Bertz CT molecular complexity index is 1650. The second kappa shape index (κ2) is 13.1. The average molecular weight is 656 g/mol. The van der Waals surface area contributed by atoms with Crippen molar-refractivity contribution in [3.05, 3.63) is 59.7 Å². The minimum atomic E-state index is -1.75. The number of rotatable bonds is 10. The van der Waals surface area contributed by atoms with Crippen LogP contribution in [0.3, 0.4) is 0 Å². The van der Waals surface area contributed by atoms with Gasteiger partial charge in [0.25, 0.3) is 0 Å². The number of carboxylic acids is 1. The Balaban J connectivity index is 1.34. The minimum absolute atomic E-state index is 0.158. The van der Waals surface area contributed by atoms with E-state index in [4.69, 9.17) is 38.3 Å². The van der Waals surface area contributed by atoms with Crippen LogP contribution >= 0.6 is 0 Å². The van der Waals surface area contributed by atoms with Gasteiger partial charge in [0.05, 0.1) is 32.4 Å². The van der Waals surface area contributed by atoms with E-state index in [1.165, 1.54) is 14.2 Å². The van der Waals surface area contributed by atoms with Crippen LogP contribution in [0.25, 0.3) is 11.1 Å². The maximum absolute atomic E-state index is 11.8. The van der Waals surface area contributed by atoms with Gasteiger partial charge in [-0.3, -0.25) is 20.3 Å². The number of ether oxygens (including phenoxy) is 7. The van der Waals surface area contributed by atoms with Gasteiger partial charge in [0.1, 0.15) is 55.0 Å². The molecule has 0 saturated carbocycles. The Labute approximate surface area is 267 Å². The van der Waals surface area contributed by atoms with Gasteiger partial charge in [0.15, 0.2) is 11.5 Å². The van der Waals surface area contributed by atoms with Gasteiger partial charge in [0.2, 0.25) is 12.0 Å². The molecule has 0 bridgehead atoms. The van der Waals surface area contributed by atoms with Crippen molar-refractivity contribution >= 4 is 17.6 Å². The van der Waals surface area contributed by atoms with E-state index in [0.29, 0.717) is 45.4 Å². The zero-order valence-corrected chi connectivity index (χ0v) is 25.2. The molecule has 7 atom stereocenters. The van der Waals surface area contributed by atoms with Crippen molar-refractivity contribution in [2.24, 2.45) is 0 Å². The van der Waals surface area contributed by atoms with Gasteiger partial charge in [-0.25, -0.2) is 0 Å². The molecule has 3 heterocycles. The quantitative estimate of drug-likeness (QED) is 0.105. The number of hydrogen-bond acceptors (Lipinski definition) is 14. The number of aliphatic carboxylic acids is 1. The fraction of sp³-hybridized carbons (Fsp3) is 0.375. The highest BCUT2D eigenvalue weighted by Gasteiger charge is 2.47. The van der Waals surface area contributed by atoms with Gasteiger partial charge in [0, 0.05) is 17.2 Å². The number of nitrogens with one attached hydrogen (secondary N) is 1. The molecule has 250 valence electrons. The smallest absolute Gasteiger partial charge is 0.317 e. The predicted molar refractivity (Wildman–Crippen MR) is 159 cm³/mol. The molecule has 0 aliphatic carbocycles. The number of esters is 1.